The average molecular weight is 439 g/mol. The molecule has 0 aliphatic rings. The number of hydrogen-bond donors (Lipinski definition) is 1. The Morgan fingerprint density at radius 1 is 1.21 bits per heavy atom. The average Bonchev–Trinajstić information content (AvgIpc) is 2.66. The molecule has 0 aliphatic carbocycles. The van der Waals surface area contributed by atoms with Crippen LogP contribution in [-0.4, -0.2) is 33.7 Å². The Kier molecular flexibility index (Phi) is 7.54. The molecule has 0 aromatic heterocycles. The first-order valence-electron chi connectivity index (χ1n) is 9.28. The van der Waals surface area contributed by atoms with Crippen LogP contribution in [0.5, 0.6) is 5.75 Å². The molecule has 0 fully saturated rings. The molecule has 2 aromatic rings. The zero-order valence-electron chi connectivity index (χ0n) is 17.3. The van der Waals surface area contributed by atoms with E-state index in [9.17, 15) is 13.2 Å². The van der Waals surface area contributed by atoms with Crippen LogP contribution in [0.25, 0.3) is 0 Å². The molecule has 1 amide bonds. The third-order valence-electron chi connectivity index (χ3n) is 4.67. The van der Waals surface area contributed by atoms with Gasteiger partial charge in [0, 0.05) is 5.02 Å². The molecule has 29 heavy (non-hydrogen) atoms. The van der Waals surface area contributed by atoms with Crippen LogP contribution in [0.4, 0.5) is 5.69 Å². The Balaban J connectivity index is 2.36. The highest BCUT2D eigenvalue weighted by atomic mass is 35.5. The summed E-state index contributed by atoms with van der Waals surface area (Å²) in [5.74, 6) is -0.102. The number of carbonyl (C=O) groups excluding carboxylic acids is 1. The van der Waals surface area contributed by atoms with E-state index >= 15 is 0 Å². The number of sulfonamides is 1. The summed E-state index contributed by atoms with van der Waals surface area (Å²) in [7, 11) is -2.36. The van der Waals surface area contributed by atoms with Crippen LogP contribution in [0.15, 0.2) is 42.5 Å². The number of halogens is 1. The number of carbonyl (C=O) groups is 1. The van der Waals surface area contributed by atoms with Crippen molar-refractivity contribution in [2.24, 2.45) is 0 Å². The number of nitrogens with one attached hydrogen (secondary N) is 1. The second kappa shape index (κ2) is 9.50. The molecule has 0 bridgehead atoms. The monoisotopic (exact) mass is 438 g/mol. The van der Waals surface area contributed by atoms with Crippen LogP contribution in [0.1, 0.15) is 37.4 Å². The molecule has 0 unspecified atom stereocenters. The number of benzene rings is 2. The fourth-order valence-electron chi connectivity index (χ4n) is 3.13. The zero-order valence-corrected chi connectivity index (χ0v) is 18.8. The van der Waals surface area contributed by atoms with Gasteiger partial charge in [-0.1, -0.05) is 48.4 Å². The molecule has 158 valence electrons. The van der Waals surface area contributed by atoms with Crippen molar-refractivity contribution in [1.29, 1.82) is 0 Å². The van der Waals surface area contributed by atoms with Gasteiger partial charge in [0.15, 0.2) is 0 Å². The predicted molar refractivity (Wildman–Crippen MR) is 117 cm³/mol. The molecule has 2 aromatic carbocycles. The minimum Gasteiger partial charge on any atom is -0.495 e. The van der Waals surface area contributed by atoms with Crippen molar-refractivity contribution in [1.82, 2.24) is 5.32 Å². The highest BCUT2D eigenvalue weighted by Gasteiger charge is 2.32. The van der Waals surface area contributed by atoms with Gasteiger partial charge >= 0.3 is 0 Å². The lowest BCUT2D eigenvalue weighted by atomic mass is 10.0. The van der Waals surface area contributed by atoms with Gasteiger partial charge < -0.3 is 10.1 Å². The molecule has 1 N–H and O–H groups in total. The summed E-state index contributed by atoms with van der Waals surface area (Å²) in [6, 6.07) is 11.3. The first-order chi connectivity index (χ1) is 13.6. The van der Waals surface area contributed by atoms with Crippen molar-refractivity contribution in [3.63, 3.8) is 0 Å². The molecule has 0 aliphatic heterocycles. The summed E-state index contributed by atoms with van der Waals surface area (Å²) in [5.41, 5.74) is 2.30. The van der Waals surface area contributed by atoms with E-state index in [1.165, 1.54) is 13.2 Å². The molecule has 0 saturated heterocycles. The fourth-order valence-corrected chi connectivity index (χ4v) is 4.47. The first-order valence-corrected chi connectivity index (χ1v) is 11.5. The molecule has 0 heterocycles. The van der Waals surface area contributed by atoms with Crippen molar-refractivity contribution in [2.45, 2.75) is 39.3 Å². The Morgan fingerprint density at radius 3 is 2.34 bits per heavy atom. The summed E-state index contributed by atoms with van der Waals surface area (Å²) in [5, 5.41) is 3.30. The van der Waals surface area contributed by atoms with E-state index < -0.39 is 22.0 Å². The van der Waals surface area contributed by atoms with Gasteiger partial charge in [0.05, 0.1) is 25.1 Å². The maximum atomic E-state index is 13.0. The lowest BCUT2D eigenvalue weighted by Gasteiger charge is -2.30. The molecular weight excluding hydrogens is 412 g/mol. The van der Waals surface area contributed by atoms with Gasteiger partial charge in [-0.2, -0.15) is 0 Å². The number of amides is 1. The molecule has 0 saturated carbocycles. The number of hydrogen-bond acceptors (Lipinski definition) is 4. The van der Waals surface area contributed by atoms with Crippen LogP contribution < -0.4 is 14.4 Å². The van der Waals surface area contributed by atoms with E-state index in [1.54, 1.807) is 19.1 Å². The number of aryl methyl sites for hydroxylation is 1. The summed E-state index contributed by atoms with van der Waals surface area (Å²) < 4.78 is 31.5. The first kappa shape index (κ1) is 23.0. The lowest BCUT2D eigenvalue weighted by Crippen LogP contribution is -2.48. The molecule has 8 heteroatoms. The second-order valence-corrected chi connectivity index (χ2v) is 9.23. The van der Waals surface area contributed by atoms with E-state index in [-0.39, 0.29) is 11.7 Å². The zero-order chi connectivity index (χ0) is 21.8. The fraction of sp³-hybridized carbons (Fsp3) is 0.381. The Hall–Kier alpha value is -2.25. The normalized spacial score (nSPS) is 13.4. The van der Waals surface area contributed by atoms with Gasteiger partial charge in [0.25, 0.3) is 0 Å². The molecule has 2 rings (SSSR count). The van der Waals surface area contributed by atoms with E-state index in [0.717, 1.165) is 21.7 Å². The largest absolute Gasteiger partial charge is 0.495 e. The van der Waals surface area contributed by atoms with E-state index in [2.05, 4.69) is 5.32 Å². The number of methoxy groups -OCH3 is 1. The van der Waals surface area contributed by atoms with E-state index in [0.29, 0.717) is 17.2 Å². The molecular formula is C21H27ClN2O4S. The SMILES string of the molecule is CC[C@H](NC(=O)[C@H](C)N(c1cc(Cl)ccc1OC)S(C)(=O)=O)c1ccc(C)cc1. The minimum absolute atomic E-state index is 0.216. The van der Waals surface area contributed by atoms with Crippen LogP contribution >= 0.6 is 11.6 Å². The number of nitrogens with zero attached hydrogens (tertiary/aromatic N) is 1. The number of rotatable bonds is 8. The van der Waals surface area contributed by atoms with Crippen LogP contribution in [-0.2, 0) is 14.8 Å². The molecule has 6 nitrogen and oxygen atoms in total. The highest BCUT2D eigenvalue weighted by molar-refractivity contribution is 7.92. The molecule has 0 spiro atoms. The summed E-state index contributed by atoms with van der Waals surface area (Å²) in [4.78, 5) is 13.0. The van der Waals surface area contributed by atoms with Crippen LogP contribution in [0.2, 0.25) is 5.02 Å². The third-order valence-corrected chi connectivity index (χ3v) is 6.13. The van der Waals surface area contributed by atoms with Gasteiger partial charge in [-0.05, 0) is 44.0 Å². The van der Waals surface area contributed by atoms with Gasteiger partial charge in [-0.3, -0.25) is 9.10 Å². The smallest absolute Gasteiger partial charge is 0.244 e. The van der Waals surface area contributed by atoms with Crippen molar-refractivity contribution in [3.05, 3.63) is 58.6 Å². The van der Waals surface area contributed by atoms with Crippen molar-refractivity contribution < 1.29 is 17.9 Å². The maximum absolute atomic E-state index is 13.0. The van der Waals surface area contributed by atoms with Gasteiger partial charge in [0.1, 0.15) is 11.8 Å². The Labute approximate surface area is 177 Å². The van der Waals surface area contributed by atoms with Crippen molar-refractivity contribution in [3.8, 4) is 5.75 Å². The summed E-state index contributed by atoms with van der Waals surface area (Å²) in [6.45, 7) is 5.50. The van der Waals surface area contributed by atoms with Crippen molar-refractivity contribution in [2.75, 3.05) is 17.7 Å². The van der Waals surface area contributed by atoms with E-state index in [1.807, 2.05) is 38.1 Å². The van der Waals surface area contributed by atoms with Crippen LogP contribution in [0.3, 0.4) is 0 Å². The third kappa shape index (κ3) is 5.64. The Morgan fingerprint density at radius 2 is 1.83 bits per heavy atom. The molecule has 0 radical (unpaired) electrons. The summed E-state index contributed by atoms with van der Waals surface area (Å²) >= 11 is 6.07. The second-order valence-electron chi connectivity index (χ2n) is 6.93. The quantitative estimate of drug-likeness (QED) is 0.673. The van der Waals surface area contributed by atoms with Gasteiger partial charge in [0.2, 0.25) is 15.9 Å². The Bertz CT molecular complexity index is 961. The standard InChI is InChI=1S/C21H27ClN2O4S/c1-6-18(16-9-7-14(2)8-10-16)23-21(25)15(3)24(29(5,26)27)19-13-17(22)11-12-20(19)28-4/h7-13,15,18H,6H2,1-5H3,(H,23,25)/t15-,18-/m0/s1. The lowest BCUT2D eigenvalue weighted by molar-refractivity contribution is -0.122. The molecule has 2 atom stereocenters. The van der Waals surface area contributed by atoms with Crippen LogP contribution in [0, 0.1) is 6.92 Å². The van der Waals surface area contributed by atoms with E-state index in [4.69, 9.17) is 16.3 Å². The predicted octanol–water partition coefficient (Wildman–Crippen LogP) is 4.08. The number of ether oxygens (including phenoxy) is 1. The highest BCUT2D eigenvalue weighted by Crippen LogP contribution is 2.34. The minimum atomic E-state index is -3.79. The van der Waals surface area contributed by atoms with Gasteiger partial charge in [-0.15, -0.1) is 0 Å². The maximum Gasteiger partial charge on any atom is 0.244 e. The van der Waals surface area contributed by atoms with Crippen molar-refractivity contribution >= 4 is 33.2 Å². The topological polar surface area (TPSA) is 75.7 Å². The van der Waals surface area contributed by atoms with Gasteiger partial charge in [-0.25, -0.2) is 8.42 Å². The number of anilines is 1. The summed E-state index contributed by atoms with van der Waals surface area (Å²) in [6.07, 6.45) is 1.72.